The lowest BCUT2D eigenvalue weighted by Crippen LogP contribution is -2.10. The van der Waals surface area contributed by atoms with Crippen LogP contribution in [-0.2, 0) is 0 Å². The van der Waals surface area contributed by atoms with Crippen molar-refractivity contribution in [2.24, 2.45) is 0 Å². The quantitative estimate of drug-likeness (QED) is 0.562. The van der Waals surface area contributed by atoms with Gasteiger partial charge >= 0.3 is 0 Å². The molecule has 0 saturated carbocycles. The molecule has 0 fully saturated rings. The summed E-state index contributed by atoms with van der Waals surface area (Å²) in [4.78, 5) is 11.7. The van der Waals surface area contributed by atoms with E-state index in [2.05, 4.69) is 5.92 Å². The lowest BCUT2D eigenvalue weighted by molar-refractivity contribution is 0.0799. The van der Waals surface area contributed by atoms with Gasteiger partial charge in [-0.1, -0.05) is 12.1 Å². The zero-order chi connectivity index (χ0) is 12.7. The van der Waals surface area contributed by atoms with E-state index in [9.17, 15) is 13.6 Å². The molecule has 0 heterocycles. The van der Waals surface area contributed by atoms with Gasteiger partial charge in [-0.15, -0.1) is 12.3 Å². The van der Waals surface area contributed by atoms with E-state index in [-0.39, 0.29) is 18.0 Å². The zero-order valence-electron chi connectivity index (χ0n) is 9.16. The number of hydrogen-bond donors (Lipinski definition) is 0. The molecule has 4 heteroatoms. The second kappa shape index (κ2) is 6.64. The fourth-order valence-electron chi connectivity index (χ4n) is 1.30. The van der Waals surface area contributed by atoms with Crippen molar-refractivity contribution in [2.45, 2.75) is 19.3 Å². The molecule has 0 N–H and O–H groups in total. The number of rotatable bonds is 6. The van der Waals surface area contributed by atoms with E-state index in [4.69, 9.17) is 11.2 Å². The van der Waals surface area contributed by atoms with Crippen molar-refractivity contribution >= 4 is 5.78 Å². The topological polar surface area (TPSA) is 26.3 Å². The monoisotopic (exact) mass is 238 g/mol. The van der Waals surface area contributed by atoms with Gasteiger partial charge in [0.05, 0.1) is 5.56 Å². The summed E-state index contributed by atoms with van der Waals surface area (Å²) in [5.41, 5.74) is 0.295. The predicted molar refractivity (Wildman–Crippen MR) is 60.3 cm³/mol. The first-order chi connectivity index (χ1) is 8.15. The van der Waals surface area contributed by atoms with Crippen LogP contribution >= 0.6 is 0 Å². The fourth-order valence-corrected chi connectivity index (χ4v) is 1.30. The molecule has 17 heavy (non-hydrogen) atoms. The van der Waals surface area contributed by atoms with Gasteiger partial charge in [0.25, 0.3) is 6.43 Å². The Bertz CT molecular complexity index is 422. The summed E-state index contributed by atoms with van der Waals surface area (Å²) >= 11 is 0. The molecule has 1 aromatic carbocycles. The predicted octanol–water partition coefficient (Wildman–Crippen LogP) is 2.93. The van der Waals surface area contributed by atoms with Gasteiger partial charge in [0.2, 0.25) is 0 Å². The Labute approximate surface area is 98.6 Å². The van der Waals surface area contributed by atoms with E-state index >= 15 is 0 Å². The molecule has 0 amide bonds. The Kier molecular flexibility index (Phi) is 5.15. The lowest BCUT2D eigenvalue weighted by Gasteiger charge is -2.09. The van der Waals surface area contributed by atoms with Crippen LogP contribution in [0.2, 0.25) is 0 Å². The molecule has 0 radical (unpaired) electrons. The molecule has 0 aliphatic rings. The Hall–Kier alpha value is -1.89. The number of Topliss-reactive ketones (excluding diaryl/α,β-unsaturated/α-hetero) is 1. The van der Waals surface area contributed by atoms with E-state index in [1.54, 1.807) is 18.2 Å². The van der Waals surface area contributed by atoms with E-state index in [1.165, 1.54) is 6.07 Å². The van der Waals surface area contributed by atoms with Gasteiger partial charge in [0.1, 0.15) is 12.4 Å². The molecule has 0 unspecified atom stereocenters. The first-order valence-electron chi connectivity index (χ1n) is 5.11. The molecule has 0 aromatic heterocycles. The van der Waals surface area contributed by atoms with Crippen LogP contribution in [0, 0.1) is 12.3 Å². The average molecular weight is 238 g/mol. The Morgan fingerprint density at radius 1 is 1.41 bits per heavy atom. The summed E-state index contributed by atoms with van der Waals surface area (Å²) < 4.78 is 28.9. The van der Waals surface area contributed by atoms with Crippen molar-refractivity contribution < 1.29 is 18.3 Å². The van der Waals surface area contributed by atoms with Gasteiger partial charge in [-0.25, -0.2) is 8.78 Å². The number of carbonyl (C=O) groups is 1. The van der Waals surface area contributed by atoms with Crippen LogP contribution in [0.4, 0.5) is 8.78 Å². The first-order valence-corrected chi connectivity index (χ1v) is 5.11. The highest BCUT2D eigenvalue weighted by atomic mass is 19.3. The Balaban J connectivity index is 2.77. The maximum atomic E-state index is 12.0. The second-order valence-electron chi connectivity index (χ2n) is 3.33. The van der Waals surface area contributed by atoms with Gasteiger partial charge < -0.3 is 4.74 Å². The fraction of sp³-hybridized carbons (Fsp3) is 0.308. The molecule has 0 aliphatic heterocycles. The van der Waals surface area contributed by atoms with E-state index in [0.29, 0.717) is 12.0 Å². The van der Waals surface area contributed by atoms with Crippen molar-refractivity contribution in [3.63, 3.8) is 0 Å². The van der Waals surface area contributed by atoms with Crippen LogP contribution in [-0.4, -0.2) is 18.8 Å². The van der Waals surface area contributed by atoms with Crippen LogP contribution in [0.15, 0.2) is 24.3 Å². The van der Waals surface area contributed by atoms with Gasteiger partial charge in [-0.3, -0.25) is 4.79 Å². The number of carbonyl (C=O) groups excluding carboxylic acids is 1. The van der Waals surface area contributed by atoms with E-state index < -0.39 is 13.0 Å². The SMILES string of the molecule is C#CCCC(=O)c1ccccc1OCC(F)F. The van der Waals surface area contributed by atoms with Gasteiger partial charge in [-0.05, 0) is 12.1 Å². The maximum Gasteiger partial charge on any atom is 0.272 e. The smallest absolute Gasteiger partial charge is 0.272 e. The summed E-state index contributed by atoms with van der Waals surface area (Å²) in [7, 11) is 0. The van der Waals surface area contributed by atoms with Crippen LogP contribution < -0.4 is 4.74 Å². The molecule has 90 valence electrons. The van der Waals surface area contributed by atoms with Gasteiger partial charge in [-0.2, -0.15) is 0 Å². The number of hydrogen-bond acceptors (Lipinski definition) is 2. The number of para-hydroxylation sites is 1. The summed E-state index contributed by atoms with van der Waals surface area (Å²) in [5.74, 6) is 2.33. The third-order valence-electron chi connectivity index (χ3n) is 2.05. The molecule has 1 aromatic rings. The van der Waals surface area contributed by atoms with Crippen molar-refractivity contribution in [2.75, 3.05) is 6.61 Å². The number of halogens is 2. The normalized spacial score (nSPS) is 10.0. The largest absolute Gasteiger partial charge is 0.487 e. The van der Waals surface area contributed by atoms with Crippen LogP contribution in [0.5, 0.6) is 5.75 Å². The summed E-state index contributed by atoms with van der Waals surface area (Å²) in [6, 6.07) is 6.31. The highest BCUT2D eigenvalue weighted by Gasteiger charge is 2.12. The Morgan fingerprint density at radius 3 is 2.76 bits per heavy atom. The van der Waals surface area contributed by atoms with Crippen LogP contribution in [0.1, 0.15) is 23.2 Å². The molecule has 0 saturated heterocycles. The second-order valence-corrected chi connectivity index (χ2v) is 3.33. The molecular weight excluding hydrogens is 226 g/mol. The van der Waals surface area contributed by atoms with Crippen molar-refractivity contribution in [3.8, 4) is 18.1 Å². The third-order valence-corrected chi connectivity index (χ3v) is 2.05. The number of benzene rings is 1. The van der Waals surface area contributed by atoms with Crippen molar-refractivity contribution in [3.05, 3.63) is 29.8 Å². The van der Waals surface area contributed by atoms with E-state index in [0.717, 1.165) is 0 Å². The molecule has 2 nitrogen and oxygen atoms in total. The van der Waals surface area contributed by atoms with Gasteiger partial charge in [0.15, 0.2) is 5.78 Å². The highest BCUT2D eigenvalue weighted by Crippen LogP contribution is 2.20. The van der Waals surface area contributed by atoms with Crippen LogP contribution in [0.25, 0.3) is 0 Å². The number of alkyl halides is 2. The molecule has 0 atom stereocenters. The molecule has 0 bridgehead atoms. The third kappa shape index (κ3) is 4.23. The van der Waals surface area contributed by atoms with Crippen LogP contribution in [0.3, 0.4) is 0 Å². The zero-order valence-corrected chi connectivity index (χ0v) is 9.16. The lowest BCUT2D eigenvalue weighted by atomic mass is 10.1. The molecule has 0 aliphatic carbocycles. The average Bonchev–Trinajstić information content (AvgIpc) is 2.33. The van der Waals surface area contributed by atoms with E-state index in [1.807, 2.05) is 0 Å². The molecular formula is C13H12F2O2. The summed E-state index contributed by atoms with van der Waals surface area (Å²) in [6.07, 6.45) is 3.00. The number of ether oxygens (including phenoxy) is 1. The van der Waals surface area contributed by atoms with Crippen molar-refractivity contribution in [1.82, 2.24) is 0 Å². The summed E-state index contributed by atoms with van der Waals surface area (Å²) in [5, 5.41) is 0. The standard InChI is InChI=1S/C13H12F2O2/c1-2-3-7-11(16)10-6-4-5-8-12(10)17-9-13(14)15/h1,4-6,8,13H,3,7,9H2. The summed E-state index contributed by atoms with van der Waals surface area (Å²) in [6.45, 7) is -0.723. The number of terminal acetylenes is 1. The number of ketones is 1. The minimum atomic E-state index is -2.57. The minimum absolute atomic E-state index is 0.176. The minimum Gasteiger partial charge on any atom is -0.487 e. The molecule has 0 spiro atoms. The maximum absolute atomic E-state index is 12.0. The van der Waals surface area contributed by atoms with Crippen molar-refractivity contribution in [1.29, 1.82) is 0 Å². The van der Waals surface area contributed by atoms with Gasteiger partial charge in [0, 0.05) is 12.8 Å². The Morgan fingerprint density at radius 2 is 2.12 bits per heavy atom. The highest BCUT2D eigenvalue weighted by molar-refractivity contribution is 5.98. The molecule has 1 rings (SSSR count). The first kappa shape index (κ1) is 13.2.